The Balaban J connectivity index is 1.58. The number of nitrogens with zero attached hydrogens (tertiary/aromatic N) is 1. The van der Waals surface area contributed by atoms with E-state index in [1.165, 1.54) is 12.1 Å². The van der Waals surface area contributed by atoms with Crippen LogP contribution in [0.15, 0.2) is 42.5 Å². The number of hydrogen-bond acceptors (Lipinski definition) is 3. The number of carbonyl (C=O) groups excluding carboxylic acids is 1. The molecule has 1 saturated heterocycles. The van der Waals surface area contributed by atoms with Crippen molar-refractivity contribution in [1.82, 2.24) is 4.90 Å². The molecule has 1 amide bonds. The van der Waals surface area contributed by atoms with Crippen molar-refractivity contribution in [2.45, 2.75) is 57.6 Å². The minimum Gasteiger partial charge on any atom is -0.389 e. The molecule has 1 aliphatic carbocycles. The van der Waals surface area contributed by atoms with Gasteiger partial charge in [-0.25, -0.2) is 4.39 Å². The molecule has 4 rings (SSSR count). The first-order chi connectivity index (χ1) is 14.4. The lowest BCUT2D eigenvalue weighted by Gasteiger charge is -2.52. The summed E-state index contributed by atoms with van der Waals surface area (Å²) in [6.07, 6.45) is 4.51. The molecule has 5 heteroatoms. The second-order valence-electron chi connectivity index (χ2n) is 9.04. The van der Waals surface area contributed by atoms with Crippen LogP contribution in [-0.4, -0.2) is 34.6 Å². The first-order valence-corrected chi connectivity index (χ1v) is 10.9. The summed E-state index contributed by atoms with van der Waals surface area (Å²) in [7, 11) is 0. The van der Waals surface area contributed by atoms with Gasteiger partial charge in [0, 0.05) is 24.2 Å². The number of benzene rings is 2. The Labute approximate surface area is 178 Å². The zero-order valence-corrected chi connectivity index (χ0v) is 17.8. The Morgan fingerprint density at radius 2 is 1.93 bits per heavy atom. The first kappa shape index (κ1) is 21.0. The summed E-state index contributed by atoms with van der Waals surface area (Å²) >= 11 is 0. The Morgan fingerprint density at radius 1 is 1.17 bits per heavy atom. The molecule has 30 heavy (non-hydrogen) atoms. The summed E-state index contributed by atoms with van der Waals surface area (Å²) in [5.74, 6) is -0.274. The van der Waals surface area contributed by atoms with Gasteiger partial charge in [-0.3, -0.25) is 9.69 Å². The number of carbonyl (C=O) groups is 1. The van der Waals surface area contributed by atoms with E-state index in [0.717, 1.165) is 48.1 Å². The van der Waals surface area contributed by atoms with E-state index >= 15 is 0 Å². The average molecular weight is 411 g/mol. The van der Waals surface area contributed by atoms with E-state index in [2.05, 4.69) is 10.2 Å². The molecule has 1 aliphatic heterocycles. The minimum atomic E-state index is -0.697. The van der Waals surface area contributed by atoms with E-state index in [-0.39, 0.29) is 30.2 Å². The van der Waals surface area contributed by atoms with Crippen molar-refractivity contribution in [1.29, 1.82) is 0 Å². The molecule has 3 atom stereocenters. The maximum Gasteiger partial charge on any atom is 0.238 e. The molecule has 2 aromatic carbocycles. The number of piperidine rings is 1. The third kappa shape index (κ3) is 4.28. The standard InChI is InChI=1S/C25H31FN2O2/c1-17-6-7-18(2)22(15-17)27-23(29)16-28-14-13-25(30)12-4-3-5-21(25)24(28)19-8-10-20(26)11-9-19/h6-11,15,21,24,30H,3-5,12-14,16H2,1-2H3,(H,27,29)/t21-,24+,25+/m0/s1. The maximum absolute atomic E-state index is 13.6. The van der Waals surface area contributed by atoms with Gasteiger partial charge in [0.2, 0.25) is 5.91 Å². The number of anilines is 1. The van der Waals surface area contributed by atoms with Crippen LogP contribution in [0.3, 0.4) is 0 Å². The third-order valence-corrected chi connectivity index (χ3v) is 6.90. The molecule has 0 unspecified atom stereocenters. The Kier molecular flexibility index (Phi) is 5.94. The van der Waals surface area contributed by atoms with Crippen LogP contribution in [-0.2, 0) is 4.79 Å². The van der Waals surface area contributed by atoms with Gasteiger partial charge in [-0.05, 0) is 68.0 Å². The van der Waals surface area contributed by atoms with Crippen LogP contribution >= 0.6 is 0 Å². The monoisotopic (exact) mass is 410 g/mol. The molecule has 2 fully saturated rings. The van der Waals surface area contributed by atoms with Gasteiger partial charge in [-0.2, -0.15) is 0 Å². The number of fused-ring (bicyclic) bond motifs is 1. The molecule has 0 radical (unpaired) electrons. The van der Waals surface area contributed by atoms with Crippen LogP contribution in [0.25, 0.3) is 0 Å². The van der Waals surface area contributed by atoms with Crippen molar-refractivity contribution in [3.63, 3.8) is 0 Å². The van der Waals surface area contributed by atoms with Crippen molar-refractivity contribution >= 4 is 11.6 Å². The highest BCUT2D eigenvalue weighted by atomic mass is 19.1. The summed E-state index contributed by atoms with van der Waals surface area (Å²) in [4.78, 5) is 15.1. The van der Waals surface area contributed by atoms with E-state index < -0.39 is 5.60 Å². The van der Waals surface area contributed by atoms with Crippen molar-refractivity contribution < 1.29 is 14.3 Å². The quantitative estimate of drug-likeness (QED) is 0.765. The fraction of sp³-hybridized carbons (Fsp3) is 0.480. The lowest BCUT2D eigenvalue weighted by Crippen LogP contribution is -2.56. The molecule has 4 nitrogen and oxygen atoms in total. The van der Waals surface area contributed by atoms with Crippen LogP contribution in [0.2, 0.25) is 0 Å². The summed E-state index contributed by atoms with van der Waals surface area (Å²) in [6.45, 7) is 4.89. The zero-order chi connectivity index (χ0) is 21.3. The van der Waals surface area contributed by atoms with Crippen LogP contribution in [0, 0.1) is 25.6 Å². The zero-order valence-electron chi connectivity index (χ0n) is 17.8. The van der Waals surface area contributed by atoms with Gasteiger partial charge in [0.1, 0.15) is 5.82 Å². The van der Waals surface area contributed by atoms with Gasteiger partial charge in [0.05, 0.1) is 12.1 Å². The smallest absolute Gasteiger partial charge is 0.238 e. The largest absolute Gasteiger partial charge is 0.389 e. The van der Waals surface area contributed by atoms with E-state index in [1.54, 1.807) is 12.1 Å². The maximum atomic E-state index is 13.6. The molecular weight excluding hydrogens is 379 g/mol. The first-order valence-electron chi connectivity index (χ1n) is 10.9. The molecule has 2 N–H and O–H groups in total. The fourth-order valence-corrected chi connectivity index (χ4v) is 5.27. The predicted molar refractivity (Wildman–Crippen MR) is 117 cm³/mol. The van der Waals surface area contributed by atoms with Gasteiger partial charge in [0.25, 0.3) is 0 Å². The number of likely N-dealkylation sites (tertiary alicyclic amines) is 1. The van der Waals surface area contributed by atoms with E-state index in [1.807, 2.05) is 32.0 Å². The fourth-order valence-electron chi connectivity index (χ4n) is 5.27. The van der Waals surface area contributed by atoms with E-state index in [4.69, 9.17) is 0 Å². The number of halogens is 1. The summed E-state index contributed by atoms with van der Waals surface area (Å²) in [5, 5.41) is 14.4. The number of hydrogen-bond donors (Lipinski definition) is 2. The van der Waals surface area contributed by atoms with Crippen LogP contribution in [0.5, 0.6) is 0 Å². The predicted octanol–water partition coefficient (Wildman–Crippen LogP) is 4.75. The highest BCUT2D eigenvalue weighted by Crippen LogP contribution is 2.49. The Bertz CT molecular complexity index is 914. The van der Waals surface area contributed by atoms with Gasteiger partial charge in [0.15, 0.2) is 0 Å². The Hall–Kier alpha value is -2.24. The lowest BCUT2D eigenvalue weighted by atomic mass is 9.66. The van der Waals surface area contributed by atoms with Gasteiger partial charge in [-0.15, -0.1) is 0 Å². The third-order valence-electron chi connectivity index (χ3n) is 6.90. The van der Waals surface area contributed by atoms with Gasteiger partial charge in [-0.1, -0.05) is 37.1 Å². The number of rotatable bonds is 4. The van der Waals surface area contributed by atoms with Gasteiger partial charge >= 0.3 is 0 Å². The second-order valence-corrected chi connectivity index (χ2v) is 9.04. The van der Waals surface area contributed by atoms with E-state index in [0.29, 0.717) is 13.0 Å². The lowest BCUT2D eigenvalue weighted by molar-refractivity contribution is -0.135. The number of amides is 1. The summed E-state index contributed by atoms with van der Waals surface area (Å²) < 4.78 is 13.6. The van der Waals surface area contributed by atoms with Crippen molar-refractivity contribution in [3.05, 3.63) is 65.0 Å². The molecule has 1 saturated carbocycles. The topological polar surface area (TPSA) is 52.6 Å². The molecule has 2 aliphatic rings. The highest BCUT2D eigenvalue weighted by molar-refractivity contribution is 5.93. The molecule has 160 valence electrons. The molecule has 2 aromatic rings. The number of nitrogens with one attached hydrogen (secondary N) is 1. The van der Waals surface area contributed by atoms with Crippen molar-refractivity contribution in [2.24, 2.45) is 5.92 Å². The highest BCUT2D eigenvalue weighted by Gasteiger charge is 2.49. The SMILES string of the molecule is Cc1ccc(C)c(NC(=O)CN2CC[C@]3(O)CCCC[C@H]3[C@H]2c2ccc(F)cc2)c1. The van der Waals surface area contributed by atoms with Crippen LogP contribution < -0.4 is 5.32 Å². The second kappa shape index (κ2) is 8.48. The molecular formula is C25H31FN2O2. The number of aryl methyl sites for hydroxylation is 2. The van der Waals surface area contributed by atoms with Crippen molar-refractivity contribution in [3.8, 4) is 0 Å². The Morgan fingerprint density at radius 3 is 2.70 bits per heavy atom. The van der Waals surface area contributed by atoms with Crippen molar-refractivity contribution in [2.75, 3.05) is 18.4 Å². The van der Waals surface area contributed by atoms with Crippen LogP contribution in [0.1, 0.15) is 54.8 Å². The summed E-state index contributed by atoms with van der Waals surface area (Å²) in [6, 6.07) is 12.5. The van der Waals surface area contributed by atoms with E-state index in [9.17, 15) is 14.3 Å². The molecule has 0 aromatic heterocycles. The molecule has 0 spiro atoms. The average Bonchev–Trinajstić information content (AvgIpc) is 2.71. The number of aliphatic hydroxyl groups is 1. The summed E-state index contributed by atoms with van der Waals surface area (Å²) in [5.41, 5.74) is 3.25. The minimum absolute atomic E-state index is 0.0546. The van der Waals surface area contributed by atoms with Crippen LogP contribution in [0.4, 0.5) is 10.1 Å². The molecule has 1 heterocycles. The normalized spacial score (nSPS) is 26.8. The molecule has 0 bridgehead atoms. The van der Waals surface area contributed by atoms with Gasteiger partial charge < -0.3 is 10.4 Å².